The van der Waals surface area contributed by atoms with Crippen molar-refractivity contribution in [2.75, 3.05) is 13.1 Å². The smallest absolute Gasteiger partial charge is 0.0409 e. The molecule has 2 fully saturated rings. The third-order valence-corrected chi connectivity index (χ3v) is 4.60. The highest BCUT2D eigenvalue weighted by Gasteiger charge is 2.34. The van der Waals surface area contributed by atoms with E-state index in [4.69, 9.17) is 5.73 Å². The maximum absolute atomic E-state index is 6.41. The molecule has 2 N–H and O–H groups in total. The summed E-state index contributed by atoms with van der Waals surface area (Å²) in [5.41, 5.74) is 9.18. The van der Waals surface area contributed by atoms with E-state index in [2.05, 4.69) is 29.2 Å². The molecule has 1 aliphatic heterocycles. The lowest BCUT2D eigenvalue weighted by atomic mass is 9.72. The zero-order chi connectivity index (χ0) is 12.4. The minimum absolute atomic E-state index is 0.0160. The van der Waals surface area contributed by atoms with E-state index in [0.717, 1.165) is 19.4 Å². The molecule has 0 aromatic heterocycles. The van der Waals surface area contributed by atoms with Gasteiger partial charge in [-0.05, 0) is 56.3 Å². The first kappa shape index (κ1) is 12.2. The molecule has 2 aliphatic rings. The first-order chi connectivity index (χ1) is 8.76. The number of piperidine rings is 1. The molecule has 1 saturated carbocycles. The molecule has 1 aromatic rings. The van der Waals surface area contributed by atoms with Crippen molar-refractivity contribution in [1.82, 2.24) is 4.90 Å². The number of hydrogen-bond acceptors (Lipinski definition) is 2. The van der Waals surface area contributed by atoms with Crippen LogP contribution in [-0.2, 0) is 12.1 Å². The highest BCUT2D eigenvalue weighted by molar-refractivity contribution is 5.31. The molecule has 0 radical (unpaired) electrons. The summed E-state index contributed by atoms with van der Waals surface area (Å²) >= 11 is 0. The van der Waals surface area contributed by atoms with Crippen LogP contribution in [0.5, 0.6) is 0 Å². The van der Waals surface area contributed by atoms with Gasteiger partial charge in [0.2, 0.25) is 0 Å². The molecule has 1 heterocycles. The summed E-state index contributed by atoms with van der Waals surface area (Å²) in [6, 6.07) is 8.98. The lowest BCUT2D eigenvalue weighted by Gasteiger charge is -2.39. The number of nitrogens with zero attached hydrogens (tertiary/aromatic N) is 1. The Hall–Kier alpha value is -0.860. The van der Waals surface area contributed by atoms with Crippen molar-refractivity contribution in [3.05, 3.63) is 35.4 Å². The van der Waals surface area contributed by atoms with Crippen LogP contribution in [0, 0.1) is 0 Å². The third kappa shape index (κ3) is 2.45. The fourth-order valence-electron chi connectivity index (χ4n) is 3.20. The second-order valence-corrected chi connectivity index (χ2v) is 6.05. The average Bonchev–Trinajstić information content (AvgIpc) is 2.37. The van der Waals surface area contributed by atoms with E-state index in [1.165, 1.54) is 49.9 Å². The van der Waals surface area contributed by atoms with Crippen LogP contribution < -0.4 is 5.73 Å². The second kappa shape index (κ2) is 5.02. The number of benzene rings is 1. The SMILES string of the molecule is NC1(c2cccc(CN3CCCCC3)c2)CCC1. The van der Waals surface area contributed by atoms with Crippen molar-refractivity contribution in [1.29, 1.82) is 0 Å². The quantitative estimate of drug-likeness (QED) is 0.885. The lowest BCUT2D eigenvalue weighted by Crippen LogP contribution is -2.43. The Labute approximate surface area is 110 Å². The Morgan fingerprint density at radius 2 is 1.83 bits per heavy atom. The van der Waals surface area contributed by atoms with Crippen LogP contribution in [0.25, 0.3) is 0 Å². The molecule has 1 saturated heterocycles. The summed E-state index contributed by atoms with van der Waals surface area (Å²) < 4.78 is 0. The lowest BCUT2D eigenvalue weighted by molar-refractivity contribution is 0.220. The summed E-state index contributed by atoms with van der Waals surface area (Å²) in [7, 11) is 0. The molecular weight excluding hydrogens is 220 g/mol. The zero-order valence-corrected chi connectivity index (χ0v) is 11.2. The first-order valence-corrected chi connectivity index (χ1v) is 7.37. The molecule has 3 rings (SSSR count). The van der Waals surface area contributed by atoms with Crippen LogP contribution in [-0.4, -0.2) is 18.0 Å². The van der Waals surface area contributed by atoms with Crippen LogP contribution in [0.2, 0.25) is 0 Å². The average molecular weight is 244 g/mol. The minimum atomic E-state index is -0.0160. The topological polar surface area (TPSA) is 29.3 Å². The molecule has 1 aromatic carbocycles. The highest BCUT2D eigenvalue weighted by Crippen LogP contribution is 2.38. The van der Waals surface area contributed by atoms with Gasteiger partial charge in [0.15, 0.2) is 0 Å². The largest absolute Gasteiger partial charge is 0.321 e. The molecule has 18 heavy (non-hydrogen) atoms. The summed E-state index contributed by atoms with van der Waals surface area (Å²) in [5, 5.41) is 0. The van der Waals surface area contributed by atoms with Crippen molar-refractivity contribution >= 4 is 0 Å². The molecule has 0 bridgehead atoms. The van der Waals surface area contributed by atoms with Crippen molar-refractivity contribution < 1.29 is 0 Å². The number of hydrogen-bond donors (Lipinski definition) is 1. The van der Waals surface area contributed by atoms with Gasteiger partial charge in [0, 0.05) is 12.1 Å². The third-order valence-electron chi connectivity index (χ3n) is 4.60. The standard InChI is InChI=1S/C16H24N2/c17-16(8-5-9-16)15-7-4-6-14(12-15)13-18-10-2-1-3-11-18/h4,6-7,12H,1-3,5,8-11,13,17H2. The Morgan fingerprint density at radius 1 is 1.06 bits per heavy atom. The van der Waals surface area contributed by atoms with Crippen molar-refractivity contribution in [3.8, 4) is 0 Å². The molecular formula is C16H24N2. The Bertz CT molecular complexity index is 403. The van der Waals surface area contributed by atoms with Gasteiger partial charge in [0.05, 0.1) is 0 Å². The number of likely N-dealkylation sites (tertiary alicyclic amines) is 1. The summed E-state index contributed by atoms with van der Waals surface area (Å²) in [4.78, 5) is 2.58. The Morgan fingerprint density at radius 3 is 2.50 bits per heavy atom. The fraction of sp³-hybridized carbons (Fsp3) is 0.625. The molecule has 0 atom stereocenters. The number of nitrogens with two attached hydrogens (primary N) is 1. The second-order valence-electron chi connectivity index (χ2n) is 6.05. The fourth-order valence-corrected chi connectivity index (χ4v) is 3.20. The van der Waals surface area contributed by atoms with E-state index in [0.29, 0.717) is 0 Å². The van der Waals surface area contributed by atoms with Crippen LogP contribution in [0.4, 0.5) is 0 Å². The number of rotatable bonds is 3. The summed E-state index contributed by atoms with van der Waals surface area (Å²) in [6.07, 6.45) is 7.72. The molecule has 98 valence electrons. The molecule has 1 aliphatic carbocycles. The summed E-state index contributed by atoms with van der Waals surface area (Å²) in [6.45, 7) is 3.62. The molecule has 0 amide bonds. The van der Waals surface area contributed by atoms with Gasteiger partial charge in [0.1, 0.15) is 0 Å². The molecule has 2 nitrogen and oxygen atoms in total. The van der Waals surface area contributed by atoms with E-state index in [-0.39, 0.29) is 5.54 Å². The molecule has 2 heteroatoms. The maximum Gasteiger partial charge on any atom is 0.0409 e. The van der Waals surface area contributed by atoms with Crippen molar-refractivity contribution in [2.24, 2.45) is 5.73 Å². The maximum atomic E-state index is 6.41. The normalized spacial score (nSPS) is 23.6. The van der Waals surface area contributed by atoms with Gasteiger partial charge in [-0.15, -0.1) is 0 Å². The van der Waals surface area contributed by atoms with Crippen molar-refractivity contribution in [3.63, 3.8) is 0 Å². The first-order valence-electron chi connectivity index (χ1n) is 7.37. The van der Waals surface area contributed by atoms with E-state index < -0.39 is 0 Å². The molecule has 0 unspecified atom stereocenters. The van der Waals surface area contributed by atoms with Gasteiger partial charge in [-0.2, -0.15) is 0 Å². The van der Waals surface area contributed by atoms with Gasteiger partial charge in [-0.1, -0.05) is 30.7 Å². The zero-order valence-electron chi connectivity index (χ0n) is 11.2. The van der Waals surface area contributed by atoms with Gasteiger partial charge >= 0.3 is 0 Å². The van der Waals surface area contributed by atoms with E-state index in [1.54, 1.807) is 0 Å². The predicted molar refractivity (Wildman–Crippen MR) is 75.3 cm³/mol. The van der Waals surface area contributed by atoms with Gasteiger partial charge in [-0.3, -0.25) is 4.90 Å². The minimum Gasteiger partial charge on any atom is -0.321 e. The van der Waals surface area contributed by atoms with Gasteiger partial charge < -0.3 is 5.73 Å². The highest BCUT2D eigenvalue weighted by atomic mass is 15.1. The van der Waals surface area contributed by atoms with Crippen LogP contribution >= 0.6 is 0 Å². The predicted octanol–water partition coefficient (Wildman–Crippen LogP) is 3.01. The van der Waals surface area contributed by atoms with Crippen molar-refractivity contribution in [2.45, 2.75) is 50.6 Å². The monoisotopic (exact) mass is 244 g/mol. The Kier molecular flexibility index (Phi) is 3.40. The van der Waals surface area contributed by atoms with Crippen LogP contribution in [0.3, 0.4) is 0 Å². The van der Waals surface area contributed by atoms with E-state index in [1.807, 2.05) is 0 Å². The van der Waals surface area contributed by atoms with E-state index >= 15 is 0 Å². The van der Waals surface area contributed by atoms with E-state index in [9.17, 15) is 0 Å². The van der Waals surface area contributed by atoms with Gasteiger partial charge in [-0.25, -0.2) is 0 Å². The Balaban J connectivity index is 1.70. The molecule has 0 spiro atoms. The van der Waals surface area contributed by atoms with Gasteiger partial charge in [0.25, 0.3) is 0 Å². The summed E-state index contributed by atoms with van der Waals surface area (Å²) in [5.74, 6) is 0. The van der Waals surface area contributed by atoms with Crippen LogP contribution in [0.15, 0.2) is 24.3 Å². The van der Waals surface area contributed by atoms with Crippen LogP contribution in [0.1, 0.15) is 49.7 Å².